The van der Waals surface area contributed by atoms with Crippen LogP contribution >= 0.6 is 0 Å². The van der Waals surface area contributed by atoms with Crippen molar-refractivity contribution in [3.63, 3.8) is 0 Å². The van der Waals surface area contributed by atoms with Crippen molar-refractivity contribution < 1.29 is 8.42 Å². The molecular formula is C17H21NO2S. The quantitative estimate of drug-likeness (QED) is 0.814. The van der Waals surface area contributed by atoms with Crippen LogP contribution in [0.25, 0.3) is 11.1 Å². The lowest BCUT2D eigenvalue weighted by Gasteiger charge is -2.17. The predicted octanol–water partition coefficient (Wildman–Crippen LogP) is 3.77. The van der Waals surface area contributed by atoms with Crippen molar-refractivity contribution in [2.24, 2.45) is 0 Å². The molecule has 0 unspecified atom stereocenters. The molecule has 0 heterocycles. The number of hydrogen-bond acceptors (Lipinski definition) is 2. The van der Waals surface area contributed by atoms with Crippen LogP contribution in [0.5, 0.6) is 0 Å². The Morgan fingerprint density at radius 3 is 2.05 bits per heavy atom. The molecule has 0 spiro atoms. The second-order valence-corrected chi connectivity index (χ2v) is 7.12. The van der Waals surface area contributed by atoms with E-state index in [4.69, 9.17) is 0 Å². The molecule has 0 aliphatic carbocycles. The van der Waals surface area contributed by atoms with Gasteiger partial charge in [0.25, 0.3) is 0 Å². The van der Waals surface area contributed by atoms with Gasteiger partial charge in [-0.15, -0.1) is 0 Å². The van der Waals surface area contributed by atoms with E-state index in [1.807, 2.05) is 42.5 Å². The first-order valence-corrected chi connectivity index (χ1v) is 8.61. The molecule has 4 heteroatoms. The van der Waals surface area contributed by atoms with E-state index in [2.05, 4.69) is 6.92 Å². The third-order valence-electron chi connectivity index (χ3n) is 3.50. The van der Waals surface area contributed by atoms with Gasteiger partial charge in [0.1, 0.15) is 0 Å². The standard InChI is InChI=1S/C17H21NO2S/c1-3-4-14-18(2)21(19,20)17-12-10-16(11-13-17)15-8-6-5-7-9-15/h5-13H,3-4,14H2,1-2H3. The summed E-state index contributed by atoms with van der Waals surface area (Å²) in [4.78, 5) is 0.348. The zero-order valence-electron chi connectivity index (χ0n) is 12.5. The van der Waals surface area contributed by atoms with E-state index in [0.717, 1.165) is 24.0 Å². The predicted molar refractivity (Wildman–Crippen MR) is 86.6 cm³/mol. The van der Waals surface area contributed by atoms with E-state index in [-0.39, 0.29) is 0 Å². The fraction of sp³-hybridized carbons (Fsp3) is 0.294. The molecule has 2 aromatic rings. The van der Waals surface area contributed by atoms with Gasteiger partial charge in [-0.25, -0.2) is 12.7 Å². The van der Waals surface area contributed by atoms with Gasteiger partial charge < -0.3 is 0 Å². The van der Waals surface area contributed by atoms with E-state index in [9.17, 15) is 8.42 Å². The second-order valence-electron chi connectivity index (χ2n) is 5.07. The van der Waals surface area contributed by atoms with E-state index in [0.29, 0.717) is 11.4 Å². The maximum Gasteiger partial charge on any atom is 0.242 e. The topological polar surface area (TPSA) is 37.4 Å². The average Bonchev–Trinajstić information content (AvgIpc) is 2.53. The van der Waals surface area contributed by atoms with Crippen molar-refractivity contribution in [3.05, 3.63) is 54.6 Å². The van der Waals surface area contributed by atoms with E-state index >= 15 is 0 Å². The smallest absolute Gasteiger partial charge is 0.207 e. The summed E-state index contributed by atoms with van der Waals surface area (Å²) < 4.78 is 26.2. The summed E-state index contributed by atoms with van der Waals surface area (Å²) in [6.07, 6.45) is 1.85. The van der Waals surface area contributed by atoms with Crippen LogP contribution < -0.4 is 0 Å². The molecule has 0 amide bonds. The molecule has 3 nitrogen and oxygen atoms in total. The molecule has 0 fully saturated rings. The third kappa shape index (κ3) is 3.71. The number of nitrogens with zero attached hydrogens (tertiary/aromatic N) is 1. The highest BCUT2D eigenvalue weighted by Gasteiger charge is 2.19. The molecule has 2 rings (SSSR count). The Kier molecular flexibility index (Phi) is 5.15. The molecule has 2 aromatic carbocycles. The molecule has 112 valence electrons. The largest absolute Gasteiger partial charge is 0.242 e. The molecule has 21 heavy (non-hydrogen) atoms. The van der Waals surface area contributed by atoms with Crippen LogP contribution in [0.4, 0.5) is 0 Å². The zero-order chi connectivity index (χ0) is 15.3. The third-order valence-corrected chi connectivity index (χ3v) is 5.37. The van der Waals surface area contributed by atoms with Crippen LogP contribution in [-0.4, -0.2) is 26.3 Å². The van der Waals surface area contributed by atoms with Crippen LogP contribution in [0.3, 0.4) is 0 Å². The first kappa shape index (κ1) is 15.7. The monoisotopic (exact) mass is 303 g/mol. The van der Waals surface area contributed by atoms with Crippen molar-refractivity contribution in [1.82, 2.24) is 4.31 Å². The molecule has 0 saturated heterocycles. The van der Waals surface area contributed by atoms with Gasteiger partial charge in [-0.05, 0) is 29.7 Å². The summed E-state index contributed by atoms with van der Waals surface area (Å²) in [6.45, 7) is 2.61. The Morgan fingerprint density at radius 1 is 0.905 bits per heavy atom. The van der Waals surface area contributed by atoms with Crippen molar-refractivity contribution in [1.29, 1.82) is 0 Å². The minimum absolute atomic E-state index is 0.348. The van der Waals surface area contributed by atoms with Crippen molar-refractivity contribution in [2.75, 3.05) is 13.6 Å². The van der Waals surface area contributed by atoms with Crippen molar-refractivity contribution in [3.8, 4) is 11.1 Å². The van der Waals surface area contributed by atoms with Gasteiger partial charge >= 0.3 is 0 Å². The fourth-order valence-electron chi connectivity index (χ4n) is 2.13. The maximum atomic E-state index is 12.4. The highest BCUT2D eigenvalue weighted by Crippen LogP contribution is 2.22. The van der Waals surface area contributed by atoms with Crippen LogP contribution in [-0.2, 0) is 10.0 Å². The Balaban J connectivity index is 2.22. The van der Waals surface area contributed by atoms with Crippen LogP contribution in [0, 0.1) is 0 Å². The summed E-state index contributed by atoms with van der Waals surface area (Å²) in [6, 6.07) is 17.0. The van der Waals surface area contributed by atoms with Gasteiger partial charge in [0.15, 0.2) is 0 Å². The molecule has 0 aromatic heterocycles. The molecule has 0 bridgehead atoms. The van der Waals surface area contributed by atoms with E-state index < -0.39 is 10.0 Å². The number of benzene rings is 2. The van der Waals surface area contributed by atoms with Gasteiger partial charge in [0.2, 0.25) is 10.0 Å². The molecule has 0 N–H and O–H groups in total. The number of sulfonamides is 1. The minimum atomic E-state index is -3.38. The maximum absolute atomic E-state index is 12.4. The lowest BCUT2D eigenvalue weighted by atomic mass is 10.1. The van der Waals surface area contributed by atoms with E-state index in [1.54, 1.807) is 19.2 Å². The summed E-state index contributed by atoms with van der Waals surface area (Å²) in [5.74, 6) is 0. The first-order chi connectivity index (χ1) is 10.1. The van der Waals surface area contributed by atoms with E-state index in [1.165, 1.54) is 4.31 Å². The lowest BCUT2D eigenvalue weighted by molar-refractivity contribution is 0.459. The first-order valence-electron chi connectivity index (χ1n) is 7.17. The highest BCUT2D eigenvalue weighted by atomic mass is 32.2. The van der Waals surface area contributed by atoms with Gasteiger partial charge in [-0.1, -0.05) is 55.8 Å². The molecule has 0 atom stereocenters. The SMILES string of the molecule is CCCCN(C)S(=O)(=O)c1ccc(-c2ccccc2)cc1. The molecule has 0 aliphatic heterocycles. The Bertz CT molecular complexity index is 664. The van der Waals surface area contributed by atoms with Crippen molar-refractivity contribution >= 4 is 10.0 Å². The Hall–Kier alpha value is -1.65. The van der Waals surface area contributed by atoms with Crippen LogP contribution in [0.15, 0.2) is 59.5 Å². The normalized spacial score (nSPS) is 11.8. The van der Waals surface area contributed by atoms with Crippen molar-refractivity contribution in [2.45, 2.75) is 24.7 Å². The lowest BCUT2D eigenvalue weighted by Crippen LogP contribution is -2.27. The fourth-order valence-corrected chi connectivity index (χ4v) is 3.34. The average molecular weight is 303 g/mol. The molecular weight excluding hydrogens is 282 g/mol. The minimum Gasteiger partial charge on any atom is -0.207 e. The zero-order valence-corrected chi connectivity index (χ0v) is 13.3. The number of hydrogen-bond donors (Lipinski definition) is 0. The van der Waals surface area contributed by atoms with Crippen LogP contribution in [0.2, 0.25) is 0 Å². The highest BCUT2D eigenvalue weighted by molar-refractivity contribution is 7.89. The van der Waals surface area contributed by atoms with Gasteiger partial charge in [-0.3, -0.25) is 0 Å². The molecule has 0 aliphatic rings. The Labute approximate surface area is 127 Å². The van der Waals surface area contributed by atoms with Gasteiger partial charge in [-0.2, -0.15) is 0 Å². The number of unbranched alkanes of at least 4 members (excludes halogenated alkanes) is 1. The molecule has 0 radical (unpaired) electrons. The van der Waals surface area contributed by atoms with Crippen LogP contribution in [0.1, 0.15) is 19.8 Å². The summed E-state index contributed by atoms with van der Waals surface area (Å²) in [5, 5.41) is 0. The summed E-state index contributed by atoms with van der Waals surface area (Å²) in [7, 11) is -1.74. The second kappa shape index (κ2) is 6.87. The number of rotatable bonds is 6. The van der Waals surface area contributed by atoms with Gasteiger partial charge in [0.05, 0.1) is 4.90 Å². The Morgan fingerprint density at radius 2 is 1.48 bits per heavy atom. The van der Waals surface area contributed by atoms with Gasteiger partial charge in [0, 0.05) is 13.6 Å². The summed E-state index contributed by atoms with van der Waals surface area (Å²) >= 11 is 0. The molecule has 0 saturated carbocycles. The summed E-state index contributed by atoms with van der Waals surface area (Å²) in [5.41, 5.74) is 2.10.